The van der Waals surface area contributed by atoms with Crippen LogP contribution in [0.15, 0.2) is 24.4 Å². The summed E-state index contributed by atoms with van der Waals surface area (Å²) in [6.45, 7) is 4.26. The Morgan fingerprint density at radius 1 is 1.13 bits per heavy atom. The standard InChI is InChI=1S/C18H26N2O3/c1-2-8-19-14(3-1)13-23-17-5-4-16-18(17)22-12-9-20(16)15-6-10-21-11-7-15/h1-3,8,15-18H,4-7,9-13H2/t16-,17+,18+/m0/s1. The van der Waals surface area contributed by atoms with Gasteiger partial charge in [0.15, 0.2) is 0 Å². The van der Waals surface area contributed by atoms with E-state index in [2.05, 4.69) is 9.88 Å². The van der Waals surface area contributed by atoms with Crippen LogP contribution in [0.5, 0.6) is 0 Å². The molecule has 23 heavy (non-hydrogen) atoms. The summed E-state index contributed by atoms with van der Waals surface area (Å²) in [5, 5.41) is 0. The number of rotatable bonds is 4. The molecule has 1 aliphatic carbocycles. The van der Waals surface area contributed by atoms with Gasteiger partial charge in [0.1, 0.15) is 0 Å². The van der Waals surface area contributed by atoms with E-state index in [1.54, 1.807) is 0 Å². The first-order chi connectivity index (χ1) is 11.4. The van der Waals surface area contributed by atoms with Gasteiger partial charge in [-0.1, -0.05) is 6.07 Å². The van der Waals surface area contributed by atoms with Crippen molar-refractivity contribution in [3.8, 4) is 0 Å². The zero-order valence-electron chi connectivity index (χ0n) is 13.6. The maximum Gasteiger partial charge on any atom is 0.0992 e. The first-order valence-corrected chi connectivity index (χ1v) is 8.88. The van der Waals surface area contributed by atoms with Crippen molar-refractivity contribution in [3.63, 3.8) is 0 Å². The second-order valence-electron chi connectivity index (χ2n) is 6.73. The molecule has 0 bridgehead atoms. The van der Waals surface area contributed by atoms with E-state index in [4.69, 9.17) is 14.2 Å². The SMILES string of the molecule is c1ccc(CO[C@@H]2CC[C@H]3[C@H]2OCCN3C2CCOCC2)nc1. The predicted octanol–water partition coefficient (Wildman–Crippen LogP) is 2.01. The third-order valence-electron chi connectivity index (χ3n) is 5.41. The summed E-state index contributed by atoms with van der Waals surface area (Å²) >= 11 is 0. The quantitative estimate of drug-likeness (QED) is 0.850. The van der Waals surface area contributed by atoms with Crippen molar-refractivity contribution in [2.45, 2.75) is 56.6 Å². The summed E-state index contributed by atoms with van der Waals surface area (Å²) in [5.41, 5.74) is 0.994. The van der Waals surface area contributed by atoms with Gasteiger partial charge in [0.25, 0.3) is 0 Å². The lowest BCUT2D eigenvalue weighted by atomic mass is 10.0. The number of morpholine rings is 1. The van der Waals surface area contributed by atoms with Gasteiger partial charge in [-0.05, 0) is 37.8 Å². The topological polar surface area (TPSA) is 43.8 Å². The lowest BCUT2D eigenvalue weighted by Gasteiger charge is -2.44. The minimum Gasteiger partial charge on any atom is -0.381 e. The maximum absolute atomic E-state index is 6.16. The second kappa shape index (κ2) is 7.26. The van der Waals surface area contributed by atoms with E-state index in [0.717, 1.165) is 51.3 Å². The third-order valence-corrected chi connectivity index (χ3v) is 5.41. The van der Waals surface area contributed by atoms with Crippen LogP contribution in [0.1, 0.15) is 31.4 Å². The highest BCUT2D eigenvalue weighted by atomic mass is 16.5. The van der Waals surface area contributed by atoms with Crippen molar-refractivity contribution in [2.75, 3.05) is 26.4 Å². The molecule has 0 spiro atoms. The Bertz CT molecular complexity index is 492. The summed E-state index contributed by atoms with van der Waals surface area (Å²) < 4.78 is 17.8. The van der Waals surface area contributed by atoms with E-state index in [1.165, 1.54) is 6.42 Å². The van der Waals surface area contributed by atoms with Crippen LogP contribution in [0, 0.1) is 0 Å². The molecule has 2 aliphatic heterocycles. The normalized spacial score (nSPS) is 32.8. The summed E-state index contributed by atoms with van der Waals surface area (Å²) in [6, 6.07) is 7.14. The molecule has 5 nitrogen and oxygen atoms in total. The second-order valence-corrected chi connectivity index (χ2v) is 6.73. The molecular weight excluding hydrogens is 292 g/mol. The van der Waals surface area contributed by atoms with Crippen molar-refractivity contribution in [1.82, 2.24) is 9.88 Å². The monoisotopic (exact) mass is 318 g/mol. The zero-order valence-corrected chi connectivity index (χ0v) is 13.6. The van der Waals surface area contributed by atoms with Gasteiger partial charge in [-0.3, -0.25) is 9.88 Å². The first-order valence-electron chi connectivity index (χ1n) is 8.88. The van der Waals surface area contributed by atoms with Crippen molar-refractivity contribution >= 4 is 0 Å². The van der Waals surface area contributed by atoms with E-state index in [0.29, 0.717) is 18.7 Å². The molecule has 3 atom stereocenters. The molecule has 0 amide bonds. The molecule has 1 aromatic rings. The van der Waals surface area contributed by atoms with Crippen LogP contribution in [-0.2, 0) is 20.8 Å². The van der Waals surface area contributed by atoms with Crippen LogP contribution >= 0.6 is 0 Å². The van der Waals surface area contributed by atoms with Gasteiger partial charge in [-0.2, -0.15) is 0 Å². The van der Waals surface area contributed by atoms with Gasteiger partial charge in [-0.25, -0.2) is 0 Å². The van der Waals surface area contributed by atoms with Gasteiger partial charge in [0.05, 0.1) is 31.1 Å². The molecular formula is C18H26N2O3. The molecule has 1 aromatic heterocycles. The Morgan fingerprint density at radius 2 is 2.04 bits per heavy atom. The van der Waals surface area contributed by atoms with E-state index in [1.807, 2.05) is 24.4 Å². The molecule has 3 aliphatic rings. The van der Waals surface area contributed by atoms with E-state index in [9.17, 15) is 0 Å². The van der Waals surface area contributed by atoms with Crippen molar-refractivity contribution < 1.29 is 14.2 Å². The molecule has 0 unspecified atom stereocenters. The minimum absolute atomic E-state index is 0.199. The van der Waals surface area contributed by atoms with Crippen molar-refractivity contribution in [2.24, 2.45) is 0 Å². The van der Waals surface area contributed by atoms with Gasteiger partial charge < -0.3 is 14.2 Å². The number of hydrogen-bond acceptors (Lipinski definition) is 5. The molecule has 2 saturated heterocycles. The van der Waals surface area contributed by atoms with Crippen LogP contribution < -0.4 is 0 Å². The Kier molecular flexibility index (Phi) is 4.90. The number of fused-ring (bicyclic) bond motifs is 1. The fourth-order valence-corrected chi connectivity index (χ4v) is 4.27. The lowest BCUT2D eigenvalue weighted by Crippen LogP contribution is -2.56. The van der Waals surface area contributed by atoms with Gasteiger partial charge in [0.2, 0.25) is 0 Å². The molecule has 1 saturated carbocycles. The highest BCUT2D eigenvalue weighted by Crippen LogP contribution is 2.35. The number of aromatic nitrogens is 1. The van der Waals surface area contributed by atoms with Crippen LogP contribution in [-0.4, -0.2) is 60.5 Å². The van der Waals surface area contributed by atoms with Crippen LogP contribution in [0.4, 0.5) is 0 Å². The predicted molar refractivity (Wildman–Crippen MR) is 86.1 cm³/mol. The maximum atomic E-state index is 6.16. The molecule has 0 N–H and O–H groups in total. The summed E-state index contributed by atoms with van der Waals surface area (Å²) in [5.74, 6) is 0. The summed E-state index contributed by atoms with van der Waals surface area (Å²) in [7, 11) is 0. The van der Waals surface area contributed by atoms with E-state index in [-0.39, 0.29) is 12.2 Å². The van der Waals surface area contributed by atoms with Gasteiger partial charge in [-0.15, -0.1) is 0 Å². The first kappa shape index (κ1) is 15.5. The fourth-order valence-electron chi connectivity index (χ4n) is 4.27. The Labute approximate surface area is 137 Å². The third kappa shape index (κ3) is 3.43. The van der Waals surface area contributed by atoms with E-state index < -0.39 is 0 Å². The largest absolute Gasteiger partial charge is 0.381 e. The number of hydrogen-bond donors (Lipinski definition) is 0. The number of nitrogens with zero attached hydrogens (tertiary/aromatic N) is 2. The minimum atomic E-state index is 0.199. The molecule has 3 heterocycles. The highest BCUT2D eigenvalue weighted by molar-refractivity contribution is 5.03. The Morgan fingerprint density at radius 3 is 2.87 bits per heavy atom. The Balaban J connectivity index is 1.37. The van der Waals surface area contributed by atoms with E-state index >= 15 is 0 Å². The fraction of sp³-hybridized carbons (Fsp3) is 0.722. The molecule has 0 radical (unpaired) electrons. The van der Waals surface area contributed by atoms with Crippen molar-refractivity contribution in [1.29, 1.82) is 0 Å². The molecule has 126 valence electrons. The lowest BCUT2D eigenvalue weighted by molar-refractivity contribution is -0.132. The average Bonchev–Trinajstić information content (AvgIpc) is 3.05. The number of pyridine rings is 1. The molecule has 4 rings (SSSR count). The van der Waals surface area contributed by atoms with Gasteiger partial charge >= 0.3 is 0 Å². The average molecular weight is 318 g/mol. The molecule has 0 aromatic carbocycles. The van der Waals surface area contributed by atoms with Crippen LogP contribution in [0.25, 0.3) is 0 Å². The van der Waals surface area contributed by atoms with Crippen molar-refractivity contribution in [3.05, 3.63) is 30.1 Å². The highest BCUT2D eigenvalue weighted by Gasteiger charge is 2.45. The molecule has 5 heteroatoms. The van der Waals surface area contributed by atoms with Crippen LogP contribution in [0.2, 0.25) is 0 Å². The smallest absolute Gasteiger partial charge is 0.0992 e. The van der Waals surface area contributed by atoms with Crippen LogP contribution in [0.3, 0.4) is 0 Å². The van der Waals surface area contributed by atoms with Gasteiger partial charge in [0, 0.05) is 38.0 Å². The number of ether oxygens (including phenoxy) is 3. The summed E-state index contributed by atoms with van der Waals surface area (Å²) in [4.78, 5) is 7.02. The zero-order chi connectivity index (χ0) is 15.5. The summed E-state index contributed by atoms with van der Waals surface area (Å²) in [6.07, 6.45) is 6.81. The Hall–Kier alpha value is -1.01. The molecule has 3 fully saturated rings.